The predicted molar refractivity (Wildman–Crippen MR) is 59.8 cm³/mol. The van der Waals surface area contributed by atoms with E-state index >= 15 is 0 Å². The van der Waals surface area contributed by atoms with Crippen molar-refractivity contribution in [3.05, 3.63) is 0 Å². The summed E-state index contributed by atoms with van der Waals surface area (Å²) in [5, 5.41) is 3.58. The van der Waals surface area contributed by atoms with Crippen LogP contribution in [0.5, 0.6) is 0 Å². The van der Waals surface area contributed by atoms with E-state index in [1.807, 2.05) is 11.8 Å². The standard InChI is InChI=1S/C10H16N2OS/c13-10-6-11-9(12-10)7-14-8-4-2-1-3-5-8/h8H,1-7H2,(H,11,12,13). The van der Waals surface area contributed by atoms with Crippen molar-refractivity contribution < 1.29 is 4.79 Å². The topological polar surface area (TPSA) is 41.5 Å². The number of amides is 1. The lowest BCUT2D eigenvalue weighted by molar-refractivity contribution is -0.117. The van der Waals surface area contributed by atoms with Gasteiger partial charge in [0.25, 0.3) is 0 Å². The van der Waals surface area contributed by atoms with Gasteiger partial charge in [-0.15, -0.1) is 0 Å². The van der Waals surface area contributed by atoms with E-state index in [1.54, 1.807) is 0 Å². The molecular formula is C10H16N2OS. The number of hydrogen-bond donors (Lipinski definition) is 1. The second-order valence-corrected chi connectivity index (χ2v) is 5.17. The van der Waals surface area contributed by atoms with Gasteiger partial charge < -0.3 is 5.32 Å². The fourth-order valence-corrected chi connectivity index (χ4v) is 3.14. The van der Waals surface area contributed by atoms with Crippen LogP contribution in [0.25, 0.3) is 0 Å². The van der Waals surface area contributed by atoms with Gasteiger partial charge in [0.1, 0.15) is 12.4 Å². The van der Waals surface area contributed by atoms with Crippen molar-refractivity contribution in [1.82, 2.24) is 5.32 Å². The molecule has 1 aliphatic carbocycles. The van der Waals surface area contributed by atoms with Crippen molar-refractivity contribution in [2.75, 3.05) is 12.3 Å². The van der Waals surface area contributed by atoms with Gasteiger partial charge in [-0.2, -0.15) is 11.8 Å². The van der Waals surface area contributed by atoms with Crippen LogP contribution in [0.15, 0.2) is 4.99 Å². The first-order valence-electron chi connectivity index (χ1n) is 5.29. The second-order valence-electron chi connectivity index (χ2n) is 3.88. The van der Waals surface area contributed by atoms with Crippen LogP contribution >= 0.6 is 11.8 Å². The molecule has 1 amide bonds. The number of aliphatic imine (C=N–C) groups is 1. The third kappa shape index (κ3) is 2.74. The molecule has 2 aliphatic rings. The molecule has 4 heteroatoms. The Kier molecular flexibility index (Phi) is 3.45. The molecule has 1 saturated carbocycles. The molecule has 1 aliphatic heterocycles. The number of amidine groups is 1. The molecule has 2 rings (SSSR count). The Morgan fingerprint density at radius 3 is 2.79 bits per heavy atom. The van der Waals surface area contributed by atoms with Crippen molar-refractivity contribution >= 4 is 23.5 Å². The van der Waals surface area contributed by atoms with Crippen molar-refractivity contribution in [1.29, 1.82) is 0 Å². The summed E-state index contributed by atoms with van der Waals surface area (Å²) in [6.45, 7) is 0.334. The number of hydrogen-bond acceptors (Lipinski definition) is 3. The number of thioether (sulfide) groups is 1. The maximum absolute atomic E-state index is 10.9. The highest BCUT2D eigenvalue weighted by atomic mass is 32.2. The molecule has 78 valence electrons. The maximum Gasteiger partial charge on any atom is 0.247 e. The molecule has 0 radical (unpaired) electrons. The molecule has 14 heavy (non-hydrogen) atoms. The second kappa shape index (κ2) is 4.82. The predicted octanol–water partition coefficient (Wildman–Crippen LogP) is 1.58. The van der Waals surface area contributed by atoms with Crippen molar-refractivity contribution in [3.63, 3.8) is 0 Å². The summed E-state index contributed by atoms with van der Waals surface area (Å²) in [6.07, 6.45) is 6.82. The van der Waals surface area contributed by atoms with E-state index in [0.717, 1.165) is 16.8 Å². The van der Waals surface area contributed by atoms with Crippen LogP contribution in [0, 0.1) is 0 Å². The van der Waals surface area contributed by atoms with Crippen LogP contribution in [-0.2, 0) is 4.79 Å². The smallest absolute Gasteiger partial charge is 0.247 e. The van der Waals surface area contributed by atoms with Crippen LogP contribution in [0.1, 0.15) is 32.1 Å². The zero-order valence-corrected chi connectivity index (χ0v) is 9.11. The van der Waals surface area contributed by atoms with E-state index in [1.165, 1.54) is 32.1 Å². The van der Waals surface area contributed by atoms with E-state index in [0.29, 0.717) is 6.54 Å². The van der Waals surface area contributed by atoms with Crippen molar-refractivity contribution in [2.45, 2.75) is 37.4 Å². The van der Waals surface area contributed by atoms with Crippen molar-refractivity contribution in [3.8, 4) is 0 Å². The summed E-state index contributed by atoms with van der Waals surface area (Å²) < 4.78 is 0. The third-order valence-electron chi connectivity index (χ3n) is 2.71. The molecule has 1 heterocycles. The lowest BCUT2D eigenvalue weighted by Gasteiger charge is -2.20. The quantitative estimate of drug-likeness (QED) is 0.771. The van der Waals surface area contributed by atoms with Gasteiger partial charge in [0.05, 0.1) is 5.75 Å². The first-order chi connectivity index (χ1) is 6.84. The Morgan fingerprint density at radius 1 is 1.36 bits per heavy atom. The van der Waals surface area contributed by atoms with Gasteiger partial charge in [0.2, 0.25) is 5.91 Å². The summed E-state index contributed by atoms with van der Waals surface area (Å²) in [7, 11) is 0. The molecule has 1 fully saturated rings. The molecular weight excluding hydrogens is 196 g/mol. The van der Waals surface area contributed by atoms with Crippen LogP contribution in [0.4, 0.5) is 0 Å². The zero-order chi connectivity index (χ0) is 9.80. The van der Waals surface area contributed by atoms with Gasteiger partial charge in [-0.3, -0.25) is 9.79 Å². The fourth-order valence-electron chi connectivity index (χ4n) is 1.92. The average Bonchev–Trinajstić information content (AvgIpc) is 2.63. The lowest BCUT2D eigenvalue weighted by atomic mass is 10.0. The largest absolute Gasteiger partial charge is 0.312 e. The van der Waals surface area contributed by atoms with E-state index < -0.39 is 0 Å². The lowest BCUT2D eigenvalue weighted by Crippen LogP contribution is -2.27. The van der Waals surface area contributed by atoms with Gasteiger partial charge in [0.15, 0.2) is 0 Å². The third-order valence-corrected chi connectivity index (χ3v) is 4.09. The van der Waals surface area contributed by atoms with Gasteiger partial charge in [0, 0.05) is 5.25 Å². The highest BCUT2D eigenvalue weighted by Gasteiger charge is 2.17. The molecule has 0 aromatic heterocycles. The highest BCUT2D eigenvalue weighted by Crippen LogP contribution is 2.28. The summed E-state index contributed by atoms with van der Waals surface area (Å²) in [5.41, 5.74) is 0. The van der Waals surface area contributed by atoms with E-state index in [2.05, 4.69) is 10.3 Å². The van der Waals surface area contributed by atoms with Crippen LogP contribution in [-0.4, -0.2) is 29.3 Å². The fraction of sp³-hybridized carbons (Fsp3) is 0.800. The summed E-state index contributed by atoms with van der Waals surface area (Å²) in [5.74, 6) is 1.81. The normalized spacial score (nSPS) is 23.4. The summed E-state index contributed by atoms with van der Waals surface area (Å²) in [4.78, 5) is 15.0. The summed E-state index contributed by atoms with van der Waals surface area (Å²) >= 11 is 1.95. The molecule has 0 saturated heterocycles. The van der Waals surface area contributed by atoms with Gasteiger partial charge in [-0.1, -0.05) is 19.3 Å². The average molecular weight is 212 g/mol. The Morgan fingerprint density at radius 2 is 2.14 bits per heavy atom. The number of carbonyl (C=O) groups excluding carboxylic acids is 1. The maximum atomic E-state index is 10.9. The molecule has 3 nitrogen and oxygen atoms in total. The van der Waals surface area contributed by atoms with E-state index in [9.17, 15) is 4.79 Å². The van der Waals surface area contributed by atoms with Gasteiger partial charge >= 0.3 is 0 Å². The minimum Gasteiger partial charge on any atom is -0.312 e. The minimum atomic E-state index is 0.0456. The Hall–Kier alpha value is -0.510. The molecule has 0 aromatic rings. The van der Waals surface area contributed by atoms with Gasteiger partial charge in [-0.05, 0) is 12.8 Å². The Labute approximate surface area is 88.7 Å². The Balaban J connectivity index is 1.69. The molecule has 0 spiro atoms. The summed E-state index contributed by atoms with van der Waals surface area (Å²) in [6, 6.07) is 0. The van der Waals surface area contributed by atoms with Crippen LogP contribution in [0.3, 0.4) is 0 Å². The number of nitrogens with one attached hydrogen (secondary N) is 1. The van der Waals surface area contributed by atoms with E-state index in [-0.39, 0.29) is 5.91 Å². The molecule has 0 atom stereocenters. The first kappa shape index (κ1) is 10.0. The molecule has 1 N–H and O–H groups in total. The Bertz CT molecular complexity index is 247. The van der Waals surface area contributed by atoms with E-state index in [4.69, 9.17) is 0 Å². The minimum absolute atomic E-state index is 0.0456. The van der Waals surface area contributed by atoms with Gasteiger partial charge in [-0.25, -0.2) is 0 Å². The first-order valence-corrected chi connectivity index (χ1v) is 6.34. The molecule has 0 unspecified atom stereocenters. The monoisotopic (exact) mass is 212 g/mol. The highest BCUT2D eigenvalue weighted by molar-refractivity contribution is 8.00. The number of nitrogens with zero attached hydrogens (tertiary/aromatic N) is 1. The molecule has 0 bridgehead atoms. The SMILES string of the molecule is O=C1CN=C(CSC2CCCCC2)N1. The zero-order valence-electron chi connectivity index (χ0n) is 8.29. The number of carbonyl (C=O) groups is 1. The van der Waals surface area contributed by atoms with Crippen LogP contribution in [0.2, 0.25) is 0 Å². The molecule has 0 aromatic carbocycles. The number of rotatable bonds is 3. The van der Waals surface area contributed by atoms with Crippen LogP contribution < -0.4 is 5.32 Å². The van der Waals surface area contributed by atoms with Crippen molar-refractivity contribution in [2.24, 2.45) is 4.99 Å².